The molecule has 0 N–H and O–H groups in total. The molecule has 1 unspecified atom stereocenters. The maximum atomic E-state index is 12.4. The number of benzene rings is 2. The molecule has 0 aromatic heterocycles. The third-order valence-electron chi connectivity index (χ3n) is 6.72. The molecular formula is C32H50NO3+. The number of aryl methyl sites for hydroxylation is 1. The first-order valence-corrected chi connectivity index (χ1v) is 14.2. The smallest absolute Gasteiger partial charge is 0.314 e. The van der Waals surface area contributed by atoms with Crippen molar-refractivity contribution in [2.45, 2.75) is 104 Å². The van der Waals surface area contributed by atoms with Gasteiger partial charge in [0.15, 0.2) is 0 Å². The summed E-state index contributed by atoms with van der Waals surface area (Å²) >= 11 is 0. The van der Waals surface area contributed by atoms with Crippen molar-refractivity contribution in [3.63, 3.8) is 0 Å². The second kappa shape index (κ2) is 17.2. The lowest BCUT2D eigenvalue weighted by Gasteiger charge is -2.29. The summed E-state index contributed by atoms with van der Waals surface area (Å²) in [4.78, 5) is 12.4. The molecule has 0 heterocycles. The second-order valence-electron chi connectivity index (χ2n) is 10.8. The van der Waals surface area contributed by atoms with Gasteiger partial charge in [-0.3, -0.25) is 4.79 Å². The number of hydrogen-bond acceptors (Lipinski definition) is 3. The molecule has 2 aromatic rings. The van der Waals surface area contributed by atoms with E-state index in [1.54, 1.807) is 6.92 Å². The summed E-state index contributed by atoms with van der Waals surface area (Å²) in [5.74, 6) is 0.515. The summed E-state index contributed by atoms with van der Waals surface area (Å²) < 4.78 is 12.1. The molecule has 200 valence electrons. The Morgan fingerprint density at radius 3 is 1.97 bits per heavy atom. The molecule has 2 aromatic carbocycles. The largest absolute Gasteiger partial charge is 0.455 e. The van der Waals surface area contributed by atoms with Gasteiger partial charge >= 0.3 is 5.97 Å². The summed E-state index contributed by atoms with van der Waals surface area (Å²) in [6.07, 6.45) is 14.5. The molecule has 4 heteroatoms. The Balaban J connectivity index is 1.58. The van der Waals surface area contributed by atoms with E-state index in [4.69, 9.17) is 9.47 Å². The zero-order valence-electron chi connectivity index (χ0n) is 23.3. The molecule has 1 atom stereocenters. The van der Waals surface area contributed by atoms with Crippen LogP contribution in [0.15, 0.2) is 54.6 Å². The summed E-state index contributed by atoms with van der Waals surface area (Å²) in [7, 11) is 4.27. The molecule has 0 radical (unpaired) electrons. The Morgan fingerprint density at radius 1 is 0.778 bits per heavy atom. The molecule has 4 nitrogen and oxygen atoms in total. The third-order valence-corrected chi connectivity index (χ3v) is 6.72. The van der Waals surface area contributed by atoms with Crippen molar-refractivity contribution in [3.8, 4) is 5.75 Å². The predicted octanol–water partition coefficient (Wildman–Crippen LogP) is 8.08. The van der Waals surface area contributed by atoms with Crippen LogP contribution >= 0.6 is 0 Å². The van der Waals surface area contributed by atoms with E-state index >= 15 is 0 Å². The van der Waals surface area contributed by atoms with Crippen LogP contribution in [0.1, 0.15) is 95.6 Å². The number of nitrogens with zero attached hydrogens (tertiary/aromatic N) is 1. The Bertz CT molecular complexity index is 832. The molecule has 0 saturated heterocycles. The van der Waals surface area contributed by atoms with Crippen LogP contribution in [-0.2, 0) is 22.5 Å². The van der Waals surface area contributed by atoms with Crippen molar-refractivity contribution in [2.24, 2.45) is 0 Å². The van der Waals surface area contributed by atoms with E-state index in [9.17, 15) is 4.79 Å². The summed E-state index contributed by atoms with van der Waals surface area (Å²) in [6.45, 7) is 5.65. The van der Waals surface area contributed by atoms with Crippen LogP contribution in [0.5, 0.6) is 5.75 Å². The van der Waals surface area contributed by atoms with Gasteiger partial charge in [0.2, 0.25) is 6.29 Å². The number of esters is 1. The van der Waals surface area contributed by atoms with Gasteiger partial charge in [-0.1, -0.05) is 107 Å². The van der Waals surface area contributed by atoms with Gasteiger partial charge < -0.3 is 14.0 Å². The van der Waals surface area contributed by atoms with Crippen molar-refractivity contribution in [2.75, 3.05) is 20.6 Å². The Hall–Kier alpha value is -2.33. The van der Waals surface area contributed by atoms with E-state index in [1.165, 1.54) is 75.3 Å². The average Bonchev–Trinajstić information content (AvgIpc) is 2.85. The number of carbonyl (C=O) groups is 1. The molecule has 0 bridgehead atoms. The number of rotatable bonds is 19. The van der Waals surface area contributed by atoms with Crippen molar-refractivity contribution in [1.29, 1.82) is 0 Å². The monoisotopic (exact) mass is 496 g/mol. The highest BCUT2D eigenvalue weighted by molar-refractivity contribution is 5.69. The highest BCUT2D eigenvalue weighted by Gasteiger charge is 2.20. The van der Waals surface area contributed by atoms with Crippen molar-refractivity contribution >= 4 is 5.97 Å². The number of unbranched alkanes of at least 4 members (excludes halogenated alkanes) is 9. The standard InChI is InChI=1S/C32H50NO3/c1-5-6-7-8-9-10-11-12-13-15-18-29-21-23-31(24-22-29)35-28(2)36-32(34)25-26-33(3,4)27-30-19-16-14-17-20-30/h14,16-17,19-24,28H,5-13,15,18,25-27H2,1-4H3/q+1. The van der Waals surface area contributed by atoms with E-state index in [-0.39, 0.29) is 5.97 Å². The Morgan fingerprint density at radius 2 is 1.36 bits per heavy atom. The fraction of sp³-hybridized carbons (Fsp3) is 0.594. The first kappa shape index (κ1) is 29.9. The Labute approximate surface area is 220 Å². The van der Waals surface area contributed by atoms with Crippen LogP contribution in [0, 0.1) is 0 Å². The predicted molar refractivity (Wildman–Crippen MR) is 150 cm³/mol. The highest BCUT2D eigenvalue weighted by atomic mass is 16.7. The summed E-state index contributed by atoms with van der Waals surface area (Å²) in [5.41, 5.74) is 2.61. The highest BCUT2D eigenvalue weighted by Crippen LogP contribution is 2.18. The zero-order chi connectivity index (χ0) is 26.1. The lowest BCUT2D eigenvalue weighted by atomic mass is 10.0. The number of quaternary nitrogens is 1. The lowest BCUT2D eigenvalue weighted by Crippen LogP contribution is -2.40. The maximum Gasteiger partial charge on any atom is 0.314 e. The fourth-order valence-corrected chi connectivity index (χ4v) is 4.56. The molecule has 0 amide bonds. The normalized spacial score (nSPS) is 12.3. The van der Waals surface area contributed by atoms with Gasteiger partial charge in [0.1, 0.15) is 12.3 Å². The SMILES string of the molecule is CCCCCCCCCCCCc1ccc(OC(C)OC(=O)CC[N+](C)(C)Cc2ccccc2)cc1. The van der Waals surface area contributed by atoms with Gasteiger partial charge in [-0.2, -0.15) is 0 Å². The molecule has 0 spiro atoms. The number of carbonyl (C=O) groups excluding carboxylic acids is 1. The van der Waals surface area contributed by atoms with Gasteiger partial charge in [-0.15, -0.1) is 0 Å². The van der Waals surface area contributed by atoms with Crippen LogP contribution in [0.25, 0.3) is 0 Å². The summed E-state index contributed by atoms with van der Waals surface area (Å²) in [6, 6.07) is 18.6. The molecule has 0 aliphatic rings. The summed E-state index contributed by atoms with van der Waals surface area (Å²) in [5, 5.41) is 0. The van der Waals surface area contributed by atoms with Gasteiger partial charge in [0.05, 0.1) is 27.1 Å². The molecule has 0 aliphatic carbocycles. The quantitative estimate of drug-likeness (QED) is 0.0853. The molecule has 0 fully saturated rings. The van der Waals surface area contributed by atoms with Crippen LogP contribution in [0.4, 0.5) is 0 Å². The van der Waals surface area contributed by atoms with E-state index in [0.29, 0.717) is 13.0 Å². The minimum Gasteiger partial charge on any atom is -0.455 e. The number of ether oxygens (including phenoxy) is 2. The second-order valence-corrected chi connectivity index (χ2v) is 10.8. The lowest BCUT2D eigenvalue weighted by molar-refractivity contribution is -0.903. The Kier molecular flexibility index (Phi) is 14.3. The van der Waals surface area contributed by atoms with Gasteiger partial charge in [-0.25, -0.2) is 0 Å². The molecule has 0 aliphatic heterocycles. The zero-order valence-corrected chi connectivity index (χ0v) is 23.3. The van der Waals surface area contributed by atoms with Crippen LogP contribution < -0.4 is 4.74 Å². The first-order valence-electron chi connectivity index (χ1n) is 14.2. The van der Waals surface area contributed by atoms with Crippen molar-refractivity contribution in [1.82, 2.24) is 0 Å². The third kappa shape index (κ3) is 13.7. The van der Waals surface area contributed by atoms with Crippen molar-refractivity contribution < 1.29 is 18.8 Å². The van der Waals surface area contributed by atoms with Gasteiger partial charge in [0, 0.05) is 12.5 Å². The molecular weight excluding hydrogens is 446 g/mol. The topological polar surface area (TPSA) is 35.5 Å². The van der Waals surface area contributed by atoms with Crippen molar-refractivity contribution in [3.05, 3.63) is 65.7 Å². The van der Waals surface area contributed by atoms with Crippen LogP contribution in [-0.4, -0.2) is 37.4 Å². The maximum absolute atomic E-state index is 12.4. The molecule has 36 heavy (non-hydrogen) atoms. The molecule has 0 saturated carbocycles. The minimum atomic E-state index is -0.602. The average molecular weight is 497 g/mol. The van der Waals surface area contributed by atoms with E-state index < -0.39 is 6.29 Å². The fourth-order valence-electron chi connectivity index (χ4n) is 4.56. The van der Waals surface area contributed by atoms with Gasteiger partial charge in [-0.05, 0) is 30.5 Å². The minimum absolute atomic E-state index is 0.223. The first-order chi connectivity index (χ1) is 17.4. The molecule has 2 rings (SSSR count). The number of hydrogen-bond donors (Lipinski definition) is 0. The van der Waals surface area contributed by atoms with E-state index in [2.05, 4.69) is 45.3 Å². The van der Waals surface area contributed by atoms with Crippen LogP contribution in [0.3, 0.4) is 0 Å². The van der Waals surface area contributed by atoms with Gasteiger partial charge in [0.25, 0.3) is 0 Å². The van der Waals surface area contributed by atoms with Crippen LogP contribution in [0.2, 0.25) is 0 Å². The van der Waals surface area contributed by atoms with E-state index in [1.807, 2.05) is 30.3 Å². The van der Waals surface area contributed by atoms with E-state index in [0.717, 1.165) is 23.2 Å².